The zero-order valence-corrected chi connectivity index (χ0v) is 20.7. The first kappa shape index (κ1) is 27.5. The molecule has 2 aliphatic heterocycles. The molecular weight excluding hydrogens is 408 g/mol. The Morgan fingerprint density at radius 2 is 1.75 bits per heavy atom. The van der Waals surface area contributed by atoms with Gasteiger partial charge in [0.2, 0.25) is 5.91 Å². The predicted octanol–water partition coefficient (Wildman–Crippen LogP) is 3.10. The maximum absolute atomic E-state index is 12.6. The number of nitrogens with one attached hydrogen (secondary N) is 1. The molecule has 1 amide bonds. The summed E-state index contributed by atoms with van der Waals surface area (Å²) in [5.41, 5.74) is 6.03. The molecule has 0 aliphatic carbocycles. The van der Waals surface area contributed by atoms with Gasteiger partial charge in [-0.3, -0.25) is 4.79 Å². The van der Waals surface area contributed by atoms with Crippen LogP contribution in [0.3, 0.4) is 0 Å². The predicted molar refractivity (Wildman–Crippen MR) is 126 cm³/mol. The lowest BCUT2D eigenvalue weighted by molar-refractivity contribution is -0.286. The Hall–Kier alpha value is -0.730. The second-order valence-corrected chi connectivity index (χ2v) is 9.93. The molecule has 2 saturated heterocycles. The van der Waals surface area contributed by atoms with Gasteiger partial charge in [-0.25, -0.2) is 0 Å². The highest BCUT2D eigenvalue weighted by Gasteiger charge is 2.42. The molecule has 32 heavy (non-hydrogen) atoms. The molecule has 0 aromatic rings. The third-order valence-electron chi connectivity index (χ3n) is 7.77. The number of nitrogens with two attached hydrogens (primary N) is 1. The summed E-state index contributed by atoms with van der Waals surface area (Å²) in [5, 5.41) is 23.8. The number of aliphatic hydroxyl groups is 2. The van der Waals surface area contributed by atoms with Gasteiger partial charge in [0.1, 0.15) is 6.10 Å². The lowest BCUT2D eigenvalue weighted by atomic mass is 9.85. The van der Waals surface area contributed by atoms with Crippen LogP contribution in [-0.4, -0.2) is 59.4 Å². The van der Waals surface area contributed by atoms with E-state index in [1.165, 1.54) is 0 Å². The van der Waals surface area contributed by atoms with E-state index in [2.05, 4.69) is 26.1 Å². The number of hydrogen-bond donors (Lipinski definition) is 4. The summed E-state index contributed by atoms with van der Waals surface area (Å²) in [6.45, 7) is 8.96. The van der Waals surface area contributed by atoms with Gasteiger partial charge in [-0.15, -0.1) is 0 Å². The van der Waals surface area contributed by atoms with Crippen LogP contribution in [-0.2, 0) is 14.3 Å². The van der Waals surface area contributed by atoms with E-state index in [-0.39, 0.29) is 17.9 Å². The van der Waals surface area contributed by atoms with E-state index in [0.717, 1.165) is 64.2 Å². The molecule has 0 saturated carbocycles. The highest BCUT2D eigenvalue weighted by Crippen LogP contribution is 2.31. The van der Waals surface area contributed by atoms with Crippen LogP contribution in [0.4, 0.5) is 0 Å². The van der Waals surface area contributed by atoms with Crippen molar-refractivity contribution in [2.45, 2.75) is 129 Å². The average Bonchev–Trinajstić information content (AvgIpc) is 2.79. The normalized spacial score (nSPS) is 41.0. The average molecular weight is 457 g/mol. The van der Waals surface area contributed by atoms with E-state index in [4.69, 9.17) is 15.2 Å². The Labute approximate surface area is 194 Å². The van der Waals surface area contributed by atoms with Crippen molar-refractivity contribution in [2.24, 2.45) is 23.5 Å². The van der Waals surface area contributed by atoms with Crippen LogP contribution in [0, 0.1) is 17.8 Å². The maximum atomic E-state index is 12.6. The minimum absolute atomic E-state index is 0.0506. The molecule has 2 fully saturated rings. The fourth-order valence-electron chi connectivity index (χ4n) is 5.27. The number of ether oxygens (including phenoxy) is 2. The molecule has 7 nitrogen and oxygen atoms in total. The van der Waals surface area contributed by atoms with Crippen molar-refractivity contribution >= 4 is 5.91 Å². The smallest absolute Gasteiger partial charge is 0.223 e. The maximum Gasteiger partial charge on any atom is 0.223 e. The summed E-state index contributed by atoms with van der Waals surface area (Å²) < 4.78 is 12.2. The third-order valence-corrected chi connectivity index (χ3v) is 7.77. The van der Waals surface area contributed by atoms with E-state index < -0.39 is 30.6 Å². The van der Waals surface area contributed by atoms with Crippen molar-refractivity contribution in [2.75, 3.05) is 6.54 Å². The van der Waals surface area contributed by atoms with Crippen LogP contribution in [0.25, 0.3) is 0 Å². The fraction of sp³-hybridized carbons (Fsp3) is 0.960. The summed E-state index contributed by atoms with van der Waals surface area (Å²) in [5.74, 6) is 1.23. The molecule has 2 heterocycles. The molecule has 7 heteroatoms. The summed E-state index contributed by atoms with van der Waals surface area (Å²) in [6.07, 6.45) is 6.63. The number of amides is 1. The number of carbonyl (C=O) groups excluding carboxylic acids is 1. The minimum Gasteiger partial charge on any atom is -0.389 e. The SMILES string of the molecule is CC[C@H]1CCC[C@@H](CC)C(=O)NCCC[C@@H](CC)[C@H](O[C@H]2O[C@H](C)[C@@H](O)[C@H](N)[C@@H]2O)CC1. The zero-order valence-electron chi connectivity index (χ0n) is 20.7. The highest BCUT2D eigenvalue weighted by atomic mass is 16.7. The molecule has 5 N–H and O–H groups in total. The van der Waals surface area contributed by atoms with Crippen molar-refractivity contribution in [3.63, 3.8) is 0 Å². The topological polar surface area (TPSA) is 114 Å². The van der Waals surface area contributed by atoms with Gasteiger partial charge >= 0.3 is 0 Å². The Balaban J connectivity index is 2.11. The van der Waals surface area contributed by atoms with Crippen molar-refractivity contribution in [1.29, 1.82) is 0 Å². The van der Waals surface area contributed by atoms with Crippen LogP contribution in [0.2, 0.25) is 0 Å². The monoisotopic (exact) mass is 456 g/mol. The minimum atomic E-state index is -1.06. The van der Waals surface area contributed by atoms with E-state index >= 15 is 0 Å². The Kier molecular flexibility index (Phi) is 11.9. The largest absolute Gasteiger partial charge is 0.389 e. The second kappa shape index (κ2) is 13.9. The number of aliphatic hydroxyl groups excluding tert-OH is 2. The molecule has 0 aromatic carbocycles. The Morgan fingerprint density at radius 1 is 1.00 bits per heavy atom. The molecule has 0 unspecified atom stereocenters. The molecule has 0 radical (unpaired) electrons. The van der Waals surface area contributed by atoms with Crippen molar-refractivity contribution in [1.82, 2.24) is 5.32 Å². The molecule has 9 atom stereocenters. The first-order valence-electron chi connectivity index (χ1n) is 13.0. The van der Waals surface area contributed by atoms with Gasteiger partial charge in [0.15, 0.2) is 6.29 Å². The molecule has 2 aliphatic rings. The molecule has 2 rings (SSSR count). The number of carbonyl (C=O) groups is 1. The summed E-state index contributed by atoms with van der Waals surface area (Å²) in [7, 11) is 0. The summed E-state index contributed by atoms with van der Waals surface area (Å²) >= 11 is 0. The first-order valence-corrected chi connectivity index (χ1v) is 13.0. The van der Waals surface area contributed by atoms with E-state index in [0.29, 0.717) is 18.4 Å². The Morgan fingerprint density at radius 3 is 2.41 bits per heavy atom. The van der Waals surface area contributed by atoms with E-state index in [1.807, 2.05) is 0 Å². The summed E-state index contributed by atoms with van der Waals surface area (Å²) in [6, 6.07) is -0.785. The first-order chi connectivity index (χ1) is 15.3. The van der Waals surface area contributed by atoms with Crippen molar-refractivity contribution in [3.05, 3.63) is 0 Å². The fourth-order valence-corrected chi connectivity index (χ4v) is 5.27. The van der Waals surface area contributed by atoms with Crippen LogP contribution in [0.15, 0.2) is 0 Å². The zero-order chi connectivity index (χ0) is 23.7. The van der Waals surface area contributed by atoms with Crippen molar-refractivity contribution in [3.8, 4) is 0 Å². The van der Waals surface area contributed by atoms with E-state index in [9.17, 15) is 15.0 Å². The van der Waals surface area contributed by atoms with Gasteiger partial charge in [0.25, 0.3) is 0 Å². The second-order valence-electron chi connectivity index (χ2n) is 9.93. The molecular formula is C25H48N2O5. The third kappa shape index (κ3) is 7.66. The van der Waals surface area contributed by atoms with Crippen LogP contribution < -0.4 is 11.1 Å². The highest BCUT2D eigenvalue weighted by molar-refractivity contribution is 5.78. The van der Waals surface area contributed by atoms with Gasteiger partial charge < -0.3 is 30.7 Å². The van der Waals surface area contributed by atoms with E-state index in [1.54, 1.807) is 6.92 Å². The summed E-state index contributed by atoms with van der Waals surface area (Å²) in [4.78, 5) is 12.6. The van der Waals surface area contributed by atoms with Crippen LogP contribution in [0.5, 0.6) is 0 Å². The number of hydrogen-bond acceptors (Lipinski definition) is 6. The number of rotatable bonds is 5. The van der Waals surface area contributed by atoms with Crippen molar-refractivity contribution < 1.29 is 24.5 Å². The van der Waals surface area contributed by atoms with Gasteiger partial charge in [0, 0.05) is 12.5 Å². The molecule has 188 valence electrons. The lowest BCUT2D eigenvalue weighted by Crippen LogP contribution is -2.61. The van der Waals surface area contributed by atoms with Crippen LogP contribution >= 0.6 is 0 Å². The molecule has 0 bridgehead atoms. The molecule has 0 aromatic heterocycles. The van der Waals surface area contributed by atoms with Gasteiger partial charge in [-0.05, 0) is 57.3 Å². The van der Waals surface area contributed by atoms with Gasteiger partial charge in [-0.1, -0.05) is 46.5 Å². The Bertz CT molecular complexity index is 548. The molecule has 0 spiro atoms. The standard InChI is InChI=1S/C25H48N2O5/c1-5-17-10-8-11-19(7-3)24(30)27-15-9-12-18(6-2)20(14-13-17)32-25-23(29)21(26)22(28)16(4)31-25/h16-23,25,28-29H,5-15,26H2,1-4H3,(H,27,30)/t16-,17+,18-,19-,20-,21+,22-,23+,25-/m1/s1. The van der Waals surface area contributed by atoms with Gasteiger partial charge in [-0.2, -0.15) is 0 Å². The lowest BCUT2D eigenvalue weighted by Gasteiger charge is -2.42. The van der Waals surface area contributed by atoms with Crippen LogP contribution in [0.1, 0.15) is 91.9 Å². The van der Waals surface area contributed by atoms with Gasteiger partial charge in [0.05, 0.1) is 24.4 Å². The quantitative estimate of drug-likeness (QED) is 0.505.